The lowest BCUT2D eigenvalue weighted by atomic mass is 9.98. The molecule has 4 nitrogen and oxygen atoms in total. The van der Waals surface area contributed by atoms with E-state index in [1.807, 2.05) is 24.3 Å². The maximum Gasteiger partial charge on any atom is 0.208 e. The molecule has 0 aliphatic carbocycles. The molecule has 0 bridgehead atoms. The molecule has 0 saturated carbocycles. The lowest BCUT2D eigenvalue weighted by Crippen LogP contribution is -2.53. The van der Waals surface area contributed by atoms with Crippen LogP contribution in [0.1, 0.15) is 19.8 Å². The molecule has 2 aromatic carbocycles. The summed E-state index contributed by atoms with van der Waals surface area (Å²) < 4.78 is 26.4. The van der Waals surface area contributed by atoms with Gasteiger partial charge in [0.15, 0.2) is 0 Å². The summed E-state index contributed by atoms with van der Waals surface area (Å²) in [5.41, 5.74) is 0.840. The van der Waals surface area contributed by atoms with Gasteiger partial charge in [0.1, 0.15) is 0 Å². The SMILES string of the molecule is CCN(c1ccccc1S(=O)(=O)c1ccccc1)C1CCN2CCC12. The van der Waals surface area contributed by atoms with E-state index in [9.17, 15) is 8.42 Å². The van der Waals surface area contributed by atoms with Gasteiger partial charge in [-0.05, 0) is 44.0 Å². The Kier molecular flexibility index (Phi) is 4.29. The molecule has 0 aromatic heterocycles. The fourth-order valence-corrected chi connectivity index (χ4v) is 5.75. The first kappa shape index (κ1) is 16.6. The molecule has 132 valence electrons. The van der Waals surface area contributed by atoms with Crippen LogP contribution in [0.15, 0.2) is 64.4 Å². The van der Waals surface area contributed by atoms with Crippen molar-refractivity contribution in [1.29, 1.82) is 0 Å². The summed E-state index contributed by atoms with van der Waals surface area (Å²) in [6.45, 7) is 5.24. The zero-order valence-corrected chi connectivity index (χ0v) is 15.3. The molecule has 2 aromatic rings. The quantitative estimate of drug-likeness (QED) is 0.825. The van der Waals surface area contributed by atoms with Gasteiger partial charge in [0.2, 0.25) is 9.84 Å². The molecule has 0 N–H and O–H groups in total. The summed E-state index contributed by atoms with van der Waals surface area (Å²) in [5.74, 6) is 0. The molecule has 2 heterocycles. The lowest BCUT2D eigenvalue weighted by Gasteiger charge is -2.42. The Morgan fingerprint density at radius 3 is 2.32 bits per heavy atom. The second-order valence-corrected chi connectivity index (χ2v) is 8.74. The Bertz CT molecular complexity index is 851. The fourth-order valence-electron chi connectivity index (χ4n) is 4.26. The normalized spacial score (nSPS) is 23.1. The number of benzene rings is 2. The summed E-state index contributed by atoms with van der Waals surface area (Å²) in [6, 6.07) is 17.2. The van der Waals surface area contributed by atoms with Crippen molar-refractivity contribution in [2.45, 2.75) is 41.6 Å². The van der Waals surface area contributed by atoms with Crippen LogP contribution in [0.5, 0.6) is 0 Å². The topological polar surface area (TPSA) is 40.6 Å². The number of rotatable bonds is 5. The molecule has 2 fully saturated rings. The van der Waals surface area contributed by atoms with E-state index in [0.717, 1.165) is 25.2 Å². The summed E-state index contributed by atoms with van der Waals surface area (Å²) in [6.07, 6.45) is 2.33. The molecule has 0 spiro atoms. The Morgan fingerprint density at radius 2 is 1.68 bits per heavy atom. The highest BCUT2D eigenvalue weighted by Crippen LogP contribution is 2.38. The number of nitrogens with zero attached hydrogens (tertiary/aromatic N) is 2. The summed E-state index contributed by atoms with van der Waals surface area (Å²) in [5, 5.41) is 0. The number of anilines is 1. The maximum absolute atomic E-state index is 13.2. The number of fused-ring (bicyclic) bond motifs is 1. The van der Waals surface area contributed by atoms with Crippen molar-refractivity contribution in [3.05, 3.63) is 54.6 Å². The smallest absolute Gasteiger partial charge is 0.208 e. The van der Waals surface area contributed by atoms with Crippen molar-refractivity contribution in [3.63, 3.8) is 0 Å². The van der Waals surface area contributed by atoms with Gasteiger partial charge in [-0.25, -0.2) is 8.42 Å². The van der Waals surface area contributed by atoms with Crippen molar-refractivity contribution in [2.24, 2.45) is 0 Å². The van der Waals surface area contributed by atoms with Gasteiger partial charge in [-0.2, -0.15) is 0 Å². The van der Waals surface area contributed by atoms with Gasteiger partial charge in [-0.15, -0.1) is 0 Å². The lowest BCUT2D eigenvalue weighted by molar-refractivity contribution is 0.130. The number of hydrogen-bond acceptors (Lipinski definition) is 4. The third kappa shape index (κ3) is 2.75. The molecule has 4 rings (SSSR count). The monoisotopic (exact) mass is 356 g/mol. The zero-order valence-electron chi connectivity index (χ0n) is 14.5. The summed E-state index contributed by atoms with van der Waals surface area (Å²) in [7, 11) is -3.52. The van der Waals surface area contributed by atoms with E-state index in [1.54, 1.807) is 30.3 Å². The van der Waals surface area contributed by atoms with E-state index in [0.29, 0.717) is 21.9 Å². The van der Waals surface area contributed by atoms with Crippen molar-refractivity contribution in [3.8, 4) is 0 Å². The molecule has 2 saturated heterocycles. The minimum atomic E-state index is -3.52. The second kappa shape index (κ2) is 6.46. The Hall–Kier alpha value is -1.85. The van der Waals surface area contributed by atoms with Crippen molar-refractivity contribution < 1.29 is 8.42 Å². The van der Waals surface area contributed by atoms with Crippen LogP contribution in [0, 0.1) is 0 Å². The number of sulfone groups is 1. The number of likely N-dealkylation sites (N-methyl/N-ethyl adjacent to an activating group) is 1. The molecule has 2 unspecified atom stereocenters. The number of hydrogen-bond donors (Lipinski definition) is 0. The van der Waals surface area contributed by atoms with Crippen LogP contribution in [-0.2, 0) is 9.84 Å². The van der Waals surface area contributed by atoms with E-state index in [4.69, 9.17) is 0 Å². The first-order valence-corrected chi connectivity index (χ1v) is 10.5. The highest BCUT2D eigenvalue weighted by Gasteiger charge is 2.43. The van der Waals surface area contributed by atoms with E-state index in [-0.39, 0.29) is 0 Å². The predicted molar refractivity (Wildman–Crippen MR) is 99.7 cm³/mol. The minimum absolute atomic E-state index is 0.357. The Morgan fingerprint density at radius 1 is 1.00 bits per heavy atom. The van der Waals surface area contributed by atoms with Crippen molar-refractivity contribution in [2.75, 3.05) is 24.5 Å². The van der Waals surface area contributed by atoms with Crippen LogP contribution < -0.4 is 4.90 Å². The standard InChI is InChI=1S/C20H24N2O2S/c1-2-22(18-13-15-21-14-12-17(18)21)19-10-6-7-11-20(19)25(23,24)16-8-4-3-5-9-16/h3-11,17-18H,2,12-15H2,1H3. The molecule has 2 aliphatic rings. The van der Waals surface area contributed by atoms with E-state index in [1.165, 1.54) is 13.0 Å². The predicted octanol–water partition coefficient (Wildman–Crippen LogP) is 3.19. The highest BCUT2D eigenvalue weighted by molar-refractivity contribution is 7.91. The number of para-hydroxylation sites is 1. The third-order valence-electron chi connectivity index (χ3n) is 5.60. The first-order chi connectivity index (χ1) is 12.1. The highest BCUT2D eigenvalue weighted by atomic mass is 32.2. The van der Waals surface area contributed by atoms with Gasteiger partial charge in [0.25, 0.3) is 0 Å². The Balaban J connectivity index is 1.76. The molecule has 0 amide bonds. The maximum atomic E-state index is 13.2. The van der Waals surface area contributed by atoms with Crippen LogP contribution >= 0.6 is 0 Å². The molecule has 2 aliphatic heterocycles. The Labute approximate surface area is 150 Å². The second-order valence-electron chi connectivity index (χ2n) is 6.82. The van der Waals surface area contributed by atoms with Gasteiger partial charge in [-0.3, -0.25) is 4.90 Å². The van der Waals surface area contributed by atoms with Gasteiger partial charge < -0.3 is 4.90 Å². The molecule has 5 heteroatoms. The molecule has 0 radical (unpaired) electrons. The van der Waals surface area contributed by atoms with Gasteiger partial charge >= 0.3 is 0 Å². The van der Waals surface area contributed by atoms with Crippen molar-refractivity contribution in [1.82, 2.24) is 4.90 Å². The van der Waals surface area contributed by atoms with Crippen LogP contribution in [0.4, 0.5) is 5.69 Å². The van der Waals surface area contributed by atoms with E-state index < -0.39 is 9.84 Å². The molecule has 2 atom stereocenters. The summed E-state index contributed by atoms with van der Waals surface area (Å²) in [4.78, 5) is 5.59. The average Bonchev–Trinajstić information content (AvgIpc) is 2.90. The molecular formula is C20H24N2O2S. The largest absolute Gasteiger partial charge is 0.366 e. The summed E-state index contributed by atoms with van der Waals surface area (Å²) >= 11 is 0. The van der Waals surface area contributed by atoms with Crippen LogP contribution in [0.2, 0.25) is 0 Å². The zero-order chi connectivity index (χ0) is 17.4. The third-order valence-corrected chi connectivity index (χ3v) is 7.41. The van der Waals surface area contributed by atoms with Crippen LogP contribution in [0.3, 0.4) is 0 Å². The van der Waals surface area contributed by atoms with Gasteiger partial charge in [0, 0.05) is 31.7 Å². The first-order valence-electron chi connectivity index (χ1n) is 9.03. The van der Waals surface area contributed by atoms with E-state index >= 15 is 0 Å². The fraction of sp³-hybridized carbons (Fsp3) is 0.400. The van der Waals surface area contributed by atoms with Crippen LogP contribution in [0.25, 0.3) is 0 Å². The molecule has 25 heavy (non-hydrogen) atoms. The van der Waals surface area contributed by atoms with Crippen LogP contribution in [-0.4, -0.2) is 45.0 Å². The average molecular weight is 356 g/mol. The van der Waals surface area contributed by atoms with E-state index in [2.05, 4.69) is 16.7 Å². The van der Waals surface area contributed by atoms with Crippen molar-refractivity contribution >= 4 is 15.5 Å². The molecular weight excluding hydrogens is 332 g/mol. The van der Waals surface area contributed by atoms with Gasteiger partial charge in [-0.1, -0.05) is 30.3 Å². The minimum Gasteiger partial charge on any atom is -0.366 e. The van der Waals surface area contributed by atoms with Gasteiger partial charge in [0.05, 0.1) is 15.5 Å².